The van der Waals surface area contributed by atoms with Crippen molar-refractivity contribution in [3.8, 4) is 0 Å². The molecule has 0 aromatic heterocycles. The van der Waals surface area contributed by atoms with Crippen LogP contribution in [0.15, 0.2) is 48.6 Å². The number of amides is 1. The summed E-state index contributed by atoms with van der Waals surface area (Å²) in [7, 11) is 1.19. The fourth-order valence-corrected chi connectivity index (χ4v) is 6.47. The third kappa shape index (κ3) is 37.1. The second kappa shape index (κ2) is 34.9. The molecule has 10 heteroatoms. The molecule has 310 valence electrons. The van der Waals surface area contributed by atoms with Gasteiger partial charge in [0.05, 0.1) is 46.0 Å². The summed E-state index contributed by atoms with van der Waals surface area (Å²) in [5.41, 5.74) is 0. The maximum atomic E-state index is 12.8. The van der Waals surface area contributed by atoms with Crippen LogP contribution in [-0.2, 0) is 18.4 Å². The average molecular weight is 769 g/mol. The molecule has 0 fully saturated rings. The van der Waals surface area contributed by atoms with Gasteiger partial charge in [-0.15, -0.1) is 0 Å². The third-order valence-electron chi connectivity index (χ3n) is 9.15. The number of quaternary nitrogens is 1. The molecule has 53 heavy (non-hydrogen) atoms. The molecule has 0 rings (SSSR count). The van der Waals surface area contributed by atoms with Gasteiger partial charge < -0.3 is 34.0 Å². The summed E-state index contributed by atoms with van der Waals surface area (Å²) in [4.78, 5) is 25.2. The van der Waals surface area contributed by atoms with Crippen LogP contribution >= 0.6 is 7.82 Å². The minimum Gasteiger partial charge on any atom is -0.756 e. The lowest BCUT2D eigenvalue weighted by atomic mass is 10.0. The topological polar surface area (TPSA) is 128 Å². The second-order valence-corrected chi connectivity index (χ2v) is 16.9. The molecule has 0 aliphatic rings. The van der Waals surface area contributed by atoms with E-state index in [2.05, 4.69) is 37.4 Å². The van der Waals surface area contributed by atoms with Crippen molar-refractivity contribution in [3.63, 3.8) is 0 Å². The van der Waals surface area contributed by atoms with Crippen molar-refractivity contribution in [1.29, 1.82) is 0 Å². The zero-order chi connectivity index (χ0) is 39.5. The maximum Gasteiger partial charge on any atom is 0.268 e. The van der Waals surface area contributed by atoms with Crippen LogP contribution in [0.3, 0.4) is 0 Å². The van der Waals surface area contributed by atoms with E-state index in [9.17, 15) is 24.5 Å². The molecule has 0 radical (unpaired) electrons. The lowest BCUT2D eigenvalue weighted by Gasteiger charge is -2.29. The summed E-state index contributed by atoms with van der Waals surface area (Å²) in [6.45, 7) is 4.41. The molecule has 0 saturated carbocycles. The zero-order valence-corrected chi connectivity index (χ0v) is 35.5. The van der Waals surface area contributed by atoms with E-state index in [1.165, 1.54) is 70.6 Å². The Labute approximate surface area is 325 Å². The molecule has 1 amide bonds. The van der Waals surface area contributed by atoms with E-state index in [-0.39, 0.29) is 18.9 Å². The largest absolute Gasteiger partial charge is 0.756 e. The predicted molar refractivity (Wildman–Crippen MR) is 220 cm³/mol. The fraction of sp³-hybridized carbons (Fsp3) is 0.791. The highest BCUT2D eigenvalue weighted by Crippen LogP contribution is 2.38. The summed E-state index contributed by atoms with van der Waals surface area (Å²) in [6.07, 6.45) is 38.8. The number of carbonyl (C=O) groups excluding carboxylic acids is 1. The Morgan fingerprint density at radius 2 is 1.32 bits per heavy atom. The average Bonchev–Trinajstić information content (AvgIpc) is 3.10. The molecule has 0 aliphatic carbocycles. The maximum absolute atomic E-state index is 12.8. The number of carbonyl (C=O) groups is 1. The normalized spacial score (nSPS) is 15.5. The first-order valence-electron chi connectivity index (χ1n) is 21.1. The Bertz CT molecular complexity index is 1020. The van der Waals surface area contributed by atoms with E-state index in [1.54, 1.807) is 6.08 Å². The Kier molecular flexibility index (Phi) is 33.8. The molecule has 2 unspecified atom stereocenters. The van der Waals surface area contributed by atoms with Crippen LogP contribution in [0.25, 0.3) is 0 Å². The van der Waals surface area contributed by atoms with Gasteiger partial charge in [-0.1, -0.05) is 165 Å². The first-order chi connectivity index (χ1) is 25.4. The highest BCUT2D eigenvalue weighted by Gasteiger charge is 2.23. The van der Waals surface area contributed by atoms with E-state index in [0.29, 0.717) is 23.9 Å². The van der Waals surface area contributed by atoms with Gasteiger partial charge in [-0.2, -0.15) is 0 Å². The summed E-state index contributed by atoms with van der Waals surface area (Å²) in [5.74, 6) is -0.256. The van der Waals surface area contributed by atoms with Crippen LogP contribution in [0.1, 0.15) is 162 Å². The van der Waals surface area contributed by atoms with Gasteiger partial charge in [0.15, 0.2) is 0 Å². The first-order valence-corrected chi connectivity index (χ1v) is 22.6. The summed E-state index contributed by atoms with van der Waals surface area (Å²) < 4.78 is 23.1. The first kappa shape index (κ1) is 51.4. The number of allylic oxidation sites excluding steroid dienone is 6. The van der Waals surface area contributed by atoms with E-state index in [1.807, 2.05) is 45.4 Å². The van der Waals surface area contributed by atoms with Crippen LogP contribution in [0.2, 0.25) is 0 Å². The number of nitrogens with zero attached hydrogens (tertiary/aromatic N) is 1. The second-order valence-electron chi connectivity index (χ2n) is 15.5. The van der Waals surface area contributed by atoms with E-state index < -0.39 is 32.7 Å². The van der Waals surface area contributed by atoms with Gasteiger partial charge in [-0.25, -0.2) is 0 Å². The zero-order valence-electron chi connectivity index (χ0n) is 34.6. The van der Waals surface area contributed by atoms with Gasteiger partial charge in [0.25, 0.3) is 7.82 Å². The van der Waals surface area contributed by atoms with Crippen molar-refractivity contribution in [1.82, 2.24) is 5.32 Å². The molecule has 0 spiro atoms. The molecule has 0 aromatic rings. The molecule has 0 saturated heterocycles. The standard InChI is InChI=1S/C43H81N2O7P/c1-6-8-10-12-14-15-16-17-18-19-20-21-23-27-31-35-42(47)41(39-52-53(49,50)51-38-37-45(3,4)5)44-43(48)36-32-28-24-26-30-34-40(46)33-29-25-22-13-11-9-7-2/h9,11,22,25,29,31,33,35,40-42,46-47H,6-8,10,12-21,23-24,26-28,30,32,34,36-39H2,1-5H3,(H-,44,48,49,50)/b11-9+,25-22+,33-29+,35-31+/t40?,41-,42+/m0/s1. The number of unbranched alkanes of at least 4 members (excludes halogenated alkanes) is 17. The molecule has 0 aliphatic heterocycles. The number of aliphatic hydroxyl groups is 2. The number of aliphatic hydroxyl groups excluding tert-OH is 2. The van der Waals surface area contributed by atoms with Crippen molar-refractivity contribution >= 4 is 13.7 Å². The SMILES string of the molecule is CC/C=C/C/C=C/C=C/C(O)CCCCCCCC(=O)N[C@@H](COP(=O)([O-])OCC[N+](C)(C)C)[C@H](O)/C=C/CCCCCCCCCCCCCCC. The van der Waals surface area contributed by atoms with Crippen LogP contribution in [0, 0.1) is 0 Å². The Hall–Kier alpha value is -1.58. The molecule has 0 aromatic carbocycles. The number of nitrogens with one attached hydrogen (secondary N) is 1. The molecule has 3 N–H and O–H groups in total. The van der Waals surface area contributed by atoms with E-state index in [4.69, 9.17) is 9.05 Å². The highest BCUT2D eigenvalue weighted by atomic mass is 31.2. The molecular weight excluding hydrogens is 687 g/mol. The van der Waals surface area contributed by atoms with Crippen molar-refractivity contribution in [2.24, 2.45) is 0 Å². The summed E-state index contributed by atoms with van der Waals surface area (Å²) in [6, 6.07) is -0.924. The minimum absolute atomic E-state index is 0.0207. The molecule has 0 bridgehead atoms. The molecule has 9 nitrogen and oxygen atoms in total. The van der Waals surface area contributed by atoms with Gasteiger partial charge >= 0.3 is 0 Å². The van der Waals surface area contributed by atoms with E-state index in [0.717, 1.165) is 57.8 Å². The quantitative estimate of drug-likeness (QED) is 0.0189. The molecular formula is C43H81N2O7P. The van der Waals surface area contributed by atoms with Crippen molar-refractivity contribution in [2.75, 3.05) is 40.9 Å². The van der Waals surface area contributed by atoms with Crippen LogP contribution < -0.4 is 10.2 Å². The lowest BCUT2D eigenvalue weighted by Crippen LogP contribution is -2.45. The fourth-order valence-electron chi connectivity index (χ4n) is 5.75. The van der Waals surface area contributed by atoms with Crippen molar-refractivity contribution < 1.29 is 38.0 Å². The molecule has 4 atom stereocenters. The van der Waals surface area contributed by atoms with E-state index >= 15 is 0 Å². The lowest BCUT2D eigenvalue weighted by molar-refractivity contribution is -0.870. The third-order valence-corrected chi connectivity index (χ3v) is 10.1. The van der Waals surface area contributed by atoms with Crippen molar-refractivity contribution in [2.45, 2.75) is 180 Å². The highest BCUT2D eigenvalue weighted by molar-refractivity contribution is 7.45. The summed E-state index contributed by atoms with van der Waals surface area (Å²) >= 11 is 0. The van der Waals surface area contributed by atoms with Gasteiger partial charge in [0.2, 0.25) is 5.91 Å². The summed E-state index contributed by atoms with van der Waals surface area (Å²) in [5, 5.41) is 23.9. The predicted octanol–water partition coefficient (Wildman–Crippen LogP) is 9.64. The minimum atomic E-state index is -4.61. The number of phosphoric acid groups is 1. The Morgan fingerprint density at radius 1 is 0.736 bits per heavy atom. The molecule has 0 heterocycles. The van der Waals surface area contributed by atoms with Gasteiger partial charge in [-0.05, 0) is 38.5 Å². The number of likely N-dealkylation sites (N-methyl/N-ethyl adjacent to an activating group) is 1. The number of rotatable bonds is 37. The van der Waals surface area contributed by atoms with Gasteiger partial charge in [-0.3, -0.25) is 9.36 Å². The Balaban J connectivity index is 4.58. The van der Waals surface area contributed by atoms with Crippen LogP contribution in [0.5, 0.6) is 0 Å². The monoisotopic (exact) mass is 769 g/mol. The van der Waals surface area contributed by atoms with Gasteiger partial charge in [0, 0.05) is 6.42 Å². The van der Waals surface area contributed by atoms with Crippen molar-refractivity contribution in [3.05, 3.63) is 48.6 Å². The van der Waals surface area contributed by atoms with Crippen LogP contribution in [-0.4, -0.2) is 79.8 Å². The Morgan fingerprint density at radius 3 is 1.92 bits per heavy atom. The van der Waals surface area contributed by atoms with Crippen LogP contribution in [0.4, 0.5) is 0 Å². The smallest absolute Gasteiger partial charge is 0.268 e. The number of phosphoric ester groups is 1. The number of hydrogen-bond acceptors (Lipinski definition) is 7. The number of hydrogen-bond donors (Lipinski definition) is 3. The van der Waals surface area contributed by atoms with Gasteiger partial charge in [0.1, 0.15) is 13.2 Å².